The molecule has 4 rings (SSSR count). The molecule has 2 aromatic rings. The number of nitrogens with one attached hydrogen (secondary N) is 2. The first-order chi connectivity index (χ1) is 12.8. The van der Waals surface area contributed by atoms with E-state index in [0.29, 0.717) is 18.6 Å². The maximum absolute atomic E-state index is 12.3. The SMILES string of the molecule is O=C(NCc1ccccc1)NC1C[C@H]2CCC[C@@H](C1)N2Cc1ccco1. The van der Waals surface area contributed by atoms with Crippen LogP contribution in [0, 0.1) is 0 Å². The van der Waals surface area contributed by atoms with E-state index in [2.05, 4.69) is 21.6 Å². The molecule has 5 nitrogen and oxygen atoms in total. The highest BCUT2D eigenvalue weighted by atomic mass is 16.3. The number of fused-ring (bicyclic) bond motifs is 2. The summed E-state index contributed by atoms with van der Waals surface area (Å²) < 4.78 is 5.55. The van der Waals surface area contributed by atoms with Gasteiger partial charge in [-0.3, -0.25) is 4.90 Å². The predicted molar refractivity (Wildman–Crippen MR) is 101 cm³/mol. The molecule has 1 aromatic heterocycles. The summed E-state index contributed by atoms with van der Waals surface area (Å²) >= 11 is 0. The van der Waals surface area contributed by atoms with Crippen LogP contribution in [0.15, 0.2) is 53.1 Å². The number of amides is 2. The van der Waals surface area contributed by atoms with Gasteiger partial charge in [-0.2, -0.15) is 0 Å². The molecule has 1 unspecified atom stereocenters. The van der Waals surface area contributed by atoms with Gasteiger partial charge in [0.1, 0.15) is 5.76 Å². The van der Waals surface area contributed by atoms with Crippen molar-refractivity contribution in [3.05, 3.63) is 60.1 Å². The number of hydrogen-bond donors (Lipinski definition) is 2. The van der Waals surface area contributed by atoms with Crippen LogP contribution in [0.2, 0.25) is 0 Å². The van der Waals surface area contributed by atoms with Gasteiger partial charge in [-0.15, -0.1) is 0 Å². The highest BCUT2D eigenvalue weighted by Gasteiger charge is 2.38. The lowest BCUT2D eigenvalue weighted by Crippen LogP contribution is -2.57. The van der Waals surface area contributed by atoms with E-state index in [0.717, 1.165) is 30.7 Å². The largest absolute Gasteiger partial charge is 0.468 e. The number of urea groups is 1. The van der Waals surface area contributed by atoms with E-state index >= 15 is 0 Å². The van der Waals surface area contributed by atoms with Crippen molar-refractivity contribution in [2.24, 2.45) is 0 Å². The summed E-state index contributed by atoms with van der Waals surface area (Å²) in [6.45, 7) is 1.45. The zero-order chi connectivity index (χ0) is 17.8. The first-order valence-electron chi connectivity index (χ1n) is 9.64. The van der Waals surface area contributed by atoms with E-state index in [-0.39, 0.29) is 12.1 Å². The van der Waals surface area contributed by atoms with Crippen LogP contribution in [0.25, 0.3) is 0 Å². The summed E-state index contributed by atoms with van der Waals surface area (Å²) in [5, 5.41) is 6.18. The molecule has 0 spiro atoms. The second-order valence-electron chi connectivity index (χ2n) is 7.47. The van der Waals surface area contributed by atoms with Crippen molar-refractivity contribution >= 4 is 6.03 Å². The number of piperidine rings is 2. The van der Waals surface area contributed by atoms with Crippen LogP contribution >= 0.6 is 0 Å². The molecule has 2 aliphatic heterocycles. The fourth-order valence-corrected chi connectivity index (χ4v) is 4.45. The van der Waals surface area contributed by atoms with Crippen molar-refractivity contribution < 1.29 is 9.21 Å². The van der Waals surface area contributed by atoms with E-state index in [1.165, 1.54) is 19.3 Å². The molecule has 2 amide bonds. The van der Waals surface area contributed by atoms with Crippen LogP contribution in [0.1, 0.15) is 43.4 Å². The molecule has 2 saturated heterocycles. The molecular formula is C21H27N3O2. The van der Waals surface area contributed by atoms with Crippen LogP contribution in [0.3, 0.4) is 0 Å². The van der Waals surface area contributed by atoms with Gasteiger partial charge < -0.3 is 15.1 Å². The molecule has 2 bridgehead atoms. The van der Waals surface area contributed by atoms with E-state index in [9.17, 15) is 4.79 Å². The molecule has 1 aromatic carbocycles. The molecular weight excluding hydrogens is 326 g/mol. The Balaban J connectivity index is 1.30. The third-order valence-electron chi connectivity index (χ3n) is 5.68. The number of nitrogens with zero attached hydrogens (tertiary/aromatic N) is 1. The number of hydrogen-bond acceptors (Lipinski definition) is 3. The Bertz CT molecular complexity index is 687. The molecule has 2 N–H and O–H groups in total. The summed E-state index contributed by atoms with van der Waals surface area (Å²) in [5.74, 6) is 1.04. The van der Waals surface area contributed by atoms with Crippen molar-refractivity contribution in [3.8, 4) is 0 Å². The zero-order valence-corrected chi connectivity index (χ0v) is 15.1. The fourth-order valence-electron chi connectivity index (χ4n) is 4.45. The van der Waals surface area contributed by atoms with Crippen molar-refractivity contribution in [1.82, 2.24) is 15.5 Å². The number of carbonyl (C=O) groups is 1. The average molecular weight is 353 g/mol. The molecule has 3 heterocycles. The maximum Gasteiger partial charge on any atom is 0.315 e. The van der Waals surface area contributed by atoms with Crippen LogP contribution in [-0.4, -0.2) is 29.1 Å². The second kappa shape index (κ2) is 7.96. The molecule has 0 radical (unpaired) electrons. The Hall–Kier alpha value is -2.27. The number of furan rings is 1. The Labute approximate surface area is 154 Å². The third-order valence-corrected chi connectivity index (χ3v) is 5.68. The third kappa shape index (κ3) is 4.10. The van der Waals surface area contributed by atoms with Crippen LogP contribution in [0.5, 0.6) is 0 Å². The number of benzene rings is 1. The molecule has 2 fully saturated rings. The van der Waals surface area contributed by atoms with Crippen LogP contribution in [0.4, 0.5) is 4.79 Å². The standard InChI is InChI=1S/C21H27N3O2/c25-21(22-14-16-6-2-1-3-7-16)23-17-12-18-8-4-9-19(13-17)24(18)15-20-10-5-11-26-20/h1-3,5-7,10-11,17-19H,4,8-9,12-15H2,(H2,22,23,25)/t17?,18-,19+. The smallest absolute Gasteiger partial charge is 0.315 e. The number of rotatable bonds is 5. The van der Waals surface area contributed by atoms with Crippen LogP contribution in [-0.2, 0) is 13.1 Å². The minimum Gasteiger partial charge on any atom is -0.468 e. The van der Waals surface area contributed by atoms with Crippen molar-refractivity contribution in [2.45, 2.75) is 63.3 Å². The molecule has 138 valence electrons. The summed E-state index contributed by atoms with van der Waals surface area (Å²) in [7, 11) is 0. The van der Waals surface area contributed by atoms with Gasteiger partial charge in [0.05, 0.1) is 12.8 Å². The Morgan fingerprint density at radius 2 is 1.85 bits per heavy atom. The highest BCUT2D eigenvalue weighted by molar-refractivity contribution is 5.74. The van der Waals surface area contributed by atoms with Gasteiger partial charge in [-0.25, -0.2) is 4.79 Å². The molecule has 0 saturated carbocycles. The second-order valence-corrected chi connectivity index (χ2v) is 7.47. The van der Waals surface area contributed by atoms with Crippen molar-refractivity contribution in [2.75, 3.05) is 0 Å². The summed E-state index contributed by atoms with van der Waals surface area (Å²) in [4.78, 5) is 14.9. The van der Waals surface area contributed by atoms with Gasteiger partial charge >= 0.3 is 6.03 Å². The quantitative estimate of drug-likeness (QED) is 0.862. The number of carbonyl (C=O) groups excluding carboxylic acids is 1. The summed E-state index contributed by atoms with van der Waals surface area (Å²) in [5.41, 5.74) is 1.12. The van der Waals surface area contributed by atoms with Gasteiger partial charge in [-0.1, -0.05) is 36.8 Å². The van der Waals surface area contributed by atoms with E-state index in [1.807, 2.05) is 36.4 Å². The van der Waals surface area contributed by atoms with E-state index < -0.39 is 0 Å². The highest BCUT2D eigenvalue weighted by Crippen LogP contribution is 2.35. The predicted octanol–water partition coefficient (Wildman–Crippen LogP) is 3.66. The first kappa shape index (κ1) is 17.2. The van der Waals surface area contributed by atoms with Gasteiger partial charge in [0.25, 0.3) is 0 Å². The van der Waals surface area contributed by atoms with Crippen molar-refractivity contribution in [3.63, 3.8) is 0 Å². The lowest BCUT2D eigenvalue weighted by Gasteiger charge is -2.48. The monoisotopic (exact) mass is 353 g/mol. The average Bonchev–Trinajstić information content (AvgIpc) is 3.15. The fraction of sp³-hybridized carbons (Fsp3) is 0.476. The molecule has 5 heteroatoms. The van der Waals surface area contributed by atoms with E-state index in [4.69, 9.17) is 4.42 Å². The molecule has 0 aliphatic carbocycles. The molecule has 26 heavy (non-hydrogen) atoms. The zero-order valence-electron chi connectivity index (χ0n) is 15.1. The minimum atomic E-state index is -0.0589. The van der Waals surface area contributed by atoms with Gasteiger partial charge in [0.15, 0.2) is 0 Å². The van der Waals surface area contributed by atoms with Crippen LogP contribution < -0.4 is 10.6 Å². The minimum absolute atomic E-state index is 0.0589. The van der Waals surface area contributed by atoms with E-state index in [1.54, 1.807) is 6.26 Å². The molecule has 3 atom stereocenters. The lowest BCUT2D eigenvalue weighted by atomic mass is 9.81. The summed E-state index contributed by atoms with van der Waals surface area (Å²) in [6.07, 6.45) is 7.50. The Kier molecular flexibility index (Phi) is 5.25. The summed E-state index contributed by atoms with van der Waals surface area (Å²) in [6, 6.07) is 15.3. The lowest BCUT2D eigenvalue weighted by molar-refractivity contribution is 0.0147. The Morgan fingerprint density at radius 1 is 1.08 bits per heavy atom. The topological polar surface area (TPSA) is 57.5 Å². The Morgan fingerprint density at radius 3 is 2.54 bits per heavy atom. The normalized spacial score (nSPS) is 25.6. The first-order valence-corrected chi connectivity index (χ1v) is 9.64. The molecule has 2 aliphatic rings. The van der Waals surface area contributed by atoms with Crippen molar-refractivity contribution in [1.29, 1.82) is 0 Å². The van der Waals surface area contributed by atoms with Gasteiger partial charge in [-0.05, 0) is 43.4 Å². The van der Waals surface area contributed by atoms with Gasteiger partial charge in [0, 0.05) is 24.7 Å². The maximum atomic E-state index is 12.3. The van der Waals surface area contributed by atoms with Gasteiger partial charge in [0.2, 0.25) is 0 Å².